The van der Waals surface area contributed by atoms with Crippen LogP contribution < -0.4 is 10.1 Å². The fourth-order valence-electron chi connectivity index (χ4n) is 2.53. The Bertz CT molecular complexity index is 431. The van der Waals surface area contributed by atoms with Crippen LogP contribution >= 0.6 is 12.4 Å². The molecule has 0 unspecified atom stereocenters. The highest BCUT2D eigenvalue weighted by atomic mass is 35.5. The van der Waals surface area contributed by atoms with Gasteiger partial charge in [0.05, 0.1) is 12.2 Å². The topological polar surface area (TPSA) is 21.3 Å². The molecule has 114 valence electrons. The van der Waals surface area contributed by atoms with Gasteiger partial charge in [0, 0.05) is 0 Å². The van der Waals surface area contributed by atoms with Gasteiger partial charge in [0.15, 0.2) is 0 Å². The molecule has 1 aliphatic rings. The molecule has 1 fully saturated rings. The van der Waals surface area contributed by atoms with E-state index in [1.165, 1.54) is 0 Å². The van der Waals surface area contributed by atoms with E-state index in [-0.39, 0.29) is 24.1 Å². The van der Waals surface area contributed by atoms with Crippen LogP contribution in [0.3, 0.4) is 0 Å². The van der Waals surface area contributed by atoms with E-state index in [0.29, 0.717) is 12.2 Å². The molecule has 6 heteroatoms. The van der Waals surface area contributed by atoms with Gasteiger partial charge in [0.25, 0.3) is 0 Å². The first-order valence-corrected chi connectivity index (χ1v) is 6.57. The van der Waals surface area contributed by atoms with E-state index in [1.807, 2.05) is 0 Å². The number of hydrogen-bond acceptors (Lipinski definition) is 2. The maximum absolute atomic E-state index is 13.2. The monoisotopic (exact) mass is 309 g/mol. The largest absolute Gasteiger partial charge is 0.494 e. The fourth-order valence-corrected chi connectivity index (χ4v) is 2.53. The normalized spacial score (nSPS) is 16.6. The van der Waals surface area contributed by atoms with Crippen LogP contribution in [0.5, 0.6) is 5.75 Å². The van der Waals surface area contributed by atoms with Crippen LogP contribution in [0.1, 0.15) is 36.8 Å². The maximum atomic E-state index is 13.2. The van der Waals surface area contributed by atoms with E-state index in [4.69, 9.17) is 4.74 Å². The molecular formula is C14H19ClF3NO. The van der Waals surface area contributed by atoms with Gasteiger partial charge >= 0.3 is 6.18 Å². The molecule has 1 aromatic carbocycles. The number of rotatable bonds is 3. The van der Waals surface area contributed by atoms with Gasteiger partial charge in [-0.15, -0.1) is 12.4 Å². The van der Waals surface area contributed by atoms with Gasteiger partial charge in [-0.2, -0.15) is 13.2 Å². The Labute approximate surface area is 123 Å². The number of benzene rings is 1. The van der Waals surface area contributed by atoms with Crippen LogP contribution in [0.4, 0.5) is 13.2 Å². The zero-order valence-corrected chi connectivity index (χ0v) is 12.1. The molecule has 0 atom stereocenters. The molecule has 2 nitrogen and oxygen atoms in total. The lowest BCUT2D eigenvalue weighted by molar-refractivity contribution is -0.138. The molecule has 0 bridgehead atoms. The summed E-state index contributed by atoms with van der Waals surface area (Å²) in [5, 5.41) is 3.17. The van der Waals surface area contributed by atoms with Gasteiger partial charge < -0.3 is 10.1 Å². The molecule has 0 spiro atoms. The van der Waals surface area contributed by atoms with Crippen molar-refractivity contribution in [1.82, 2.24) is 5.32 Å². The number of ether oxygens (including phenoxy) is 1. The Balaban J connectivity index is 0.00000200. The molecule has 0 amide bonds. The molecule has 20 heavy (non-hydrogen) atoms. The van der Waals surface area contributed by atoms with Crippen molar-refractivity contribution >= 4 is 12.4 Å². The second-order valence-corrected chi connectivity index (χ2v) is 4.70. The third-order valence-electron chi connectivity index (χ3n) is 3.42. The van der Waals surface area contributed by atoms with Crippen LogP contribution in [-0.4, -0.2) is 19.7 Å². The minimum Gasteiger partial charge on any atom is -0.494 e. The predicted octanol–water partition coefficient (Wildman–Crippen LogP) is 3.99. The smallest absolute Gasteiger partial charge is 0.416 e. The standard InChI is InChI=1S/C14H18F3NO.ClH/c1-2-19-11-3-4-12(10-5-7-18-8-6-10)13(9-11)14(15,16)17;/h3-4,9-10,18H,2,5-8H2,1H3;1H. The molecule has 2 rings (SSSR count). The molecule has 1 N–H and O–H groups in total. The van der Waals surface area contributed by atoms with Crippen molar-refractivity contribution in [3.63, 3.8) is 0 Å². The van der Waals surface area contributed by atoms with E-state index < -0.39 is 11.7 Å². The second-order valence-electron chi connectivity index (χ2n) is 4.70. The fraction of sp³-hybridized carbons (Fsp3) is 0.571. The van der Waals surface area contributed by atoms with E-state index in [1.54, 1.807) is 19.1 Å². The van der Waals surface area contributed by atoms with Crippen molar-refractivity contribution in [1.29, 1.82) is 0 Å². The lowest BCUT2D eigenvalue weighted by atomic mass is 9.87. The van der Waals surface area contributed by atoms with Gasteiger partial charge in [-0.3, -0.25) is 0 Å². The van der Waals surface area contributed by atoms with Crippen molar-refractivity contribution < 1.29 is 17.9 Å². The van der Waals surface area contributed by atoms with Crippen molar-refractivity contribution in [2.75, 3.05) is 19.7 Å². The number of piperidine rings is 1. The summed E-state index contributed by atoms with van der Waals surface area (Å²) >= 11 is 0. The summed E-state index contributed by atoms with van der Waals surface area (Å²) in [6, 6.07) is 4.33. The zero-order chi connectivity index (χ0) is 13.9. The van der Waals surface area contributed by atoms with Gasteiger partial charge in [-0.05, 0) is 56.5 Å². The maximum Gasteiger partial charge on any atom is 0.416 e. The lowest BCUT2D eigenvalue weighted by Crippen LogP contribution is -2.27. The van der Waals surface area contributed by atoms with Crippen molar-refractivity contribution in [3.05, 3.63) is 29.3 Å². The minimum absolute atomic E-state index is 0. The van der Waals surface area contributed by atoms with Gasteiger partial charge in [0.1, 0.15) is 5.75 Å². The number of alkyl halides is 3. The Hall–Kier alpha value is -0.940. The summed E-state index contributed by atoms with van der Waals surface area (Å²) < 4.78 is 44.6. The summed E-state index contributed by atoms with van der Waals surface area (Å²) in [4.78, 5) is 0. The van der Waals surface area contributed by atoms with Crippen LogP contribution in [0.2, 0.25) is 0 Å². The Kier molecular flexibility index (Phi) is 6.14. The average molecular weight is 310 g/mol. The van der Waals surface area contributed by atoms with Crippen molar-refractivity contribution in [2.24, 2.45) is 0 Å². The molecule has 0 aromatic heterocycles. The highest BCUT2D eigenvalue weighted by Gasteiger charge is 2.36. The third kappa shape index (κ3) is 4.03. The summed E-state index contributed by atoms with van der Waals surface area (Å²) in [6.07, 6.45) is -2.83. The van der Waals surface area contributed by atoms with E-state index >= 15 is 0 Å². The molecule has 0 radical (unpaired) electrons. The van der Waals surface area contributed by atoms with Crippen LogP contribution in [-0.2, 0) is 6.18 Å². The van der Waals surface area contributed by atoms with Crippen molar-refractivity contribution in [2.45, 2.75) is 31.9 Å². The zero-order valence-electron chi connectivity index (χ0n) is 11.3. The highest BCUT2D eigenvalue weighted by Crippen LogP contribution is 2.39. The van der Waals surface area contributed by atoms with Gasteiger partial charge in [0.2, 0.25) is 0 Å². The number of nitrogens with one attached hydrogen (secondary N) is 1. The molecule has 1 aliphatic heterocycles. The summed E-state index contributed by atoms with van der Waals surface area (Å²) in [6.45, 7) is 3.67. The average Bonchev–Trinajstić information content (AvgIpc) is 2.39. The molecular weight excluding hydrogens is 291 g/mol. The Morgan fingerprint density at radius 1 is 1.25 bits per heavy atom. The molecule has 1 saturated heterocycles. The Morgan fingerprint density at radius 2 is 1.90 bits per heavy atom. The number of hydrogen-bond donors (Lipinski definition) is 1. The van der Waals surface area contributed by atoms with Crippen LogP contribution in [0.25, 0.3) is 0 Å². The first kappa shape index (κ1) is 17.1. The minimum atomic E-state index is -4.33. The second kappa shape index (κ2) is 7.18. The van der Waals surface area contributed by atoms with Gasteiger partial charge in [-0.1, -0.05) is 6.07 Å². The van der Waals surface area contributed by atoms with E-state index in [0.717, 1.165) is 32.0 Å². The van der Waals surface area contributed by atoms with E-state index in [2.05, 4.69) is 5.32 Å². The molecule has 0 aliphatic carbocycles. The van der Waals surface area contributed by atoms with Gasteiger partial charge in [-0.25, -0.2) is 0 Å². The molecule has 1 aromatic rings. The summed E-state index contributed by atoms with van der Waals surface area (Å²) in [5.74, 6) is 0.265. The summed E-state index contributed by atoms with van der Waals surface area (Å²) in [7, 11) is 0. The predicted molar refractivity (Wildman–Crippen MR) is 74.7 cm³/mol. The lowest BCUT2D eigenvalue weighted by Gasteiger charge is -2.26. The molecule has 1 heterocycles. The summed E-state index contributed by atoms with van der Waals surface area (Å²) in [5.41, 5.74) is -0.150. The number of halogens is 4. The SMILES string of the molecule is CCOc1ccc(C2CCNCC2)c(C(F)(F)F)c1.Cl. The first-order valence-electron chi connectivity index (χ1n) is 6.57. The highest BCUT2D eigenvalue weighted by molar-refractivity contribution is 5.85. The third-order valence-corrected chi connectivity index (χ3v) is 3.42. The Morgan fingerprint density at radius 3 is 2.45 bits per heavy atom. The first-order chi connectivity index (χ1) is 9.02. The van der Waals surface area contributed by atoms with Crippen LogP contribution in [0, 0.1) is 0 Å². The van der Waals surface area contributed by atoms with E-state index in [9.17, 15) is 13.2 Å². The quantitative estimate of drug-likeness (QED) is 0.911. The van der Waals surface area contributed by atoms with Crippen molar-refractivity contribution in [3.8, 4) is 5.75 Å². The molecule has 0 saturated carbocycles. The van der Waals surface area contributed by atoms with Crippen LogP contribution in [0.15, 0.2) is 18.2 Å².